The van der Waals surface area contributed by atoms with Gasteiger partial charge in [-0.25, -0.2) is 4.79 Å². The Balaban J connectivity index is 1.59. The lowest BCUT2D eigenvalue weighted by atomic mass is 10.1. The Bertz CT molecular complexity index is 1030. The minimum absolute atomic E-state index is 0.0420. The number of esters is 1. The van der Waals surface area contributed by atoms with Gasteiger partial charge >= 0.3 is 5.97 Å². The first-order valence-corrected chi connectivity index (χ1v) is 8.82. The van der Waals surface area contributed by atoms with Gasteiger partial charge in [-0.1, -0.05) is 12.1 Å². The maximum atomic E-state index is 12.1. The Hall–Kier alpha value is -3.75. The van der Waals surface area contributed by atoms with Gasteiger partial charge in [0.2, 0.25) is 5.89 Å². The molecule has 0 aliphatic heterocycles. The molecule has 0 radical (unpaired) electrons. The smallest absolute Gasteiger partial charge is 0.344 e. The SMILES string of the molecule is Cc1cccc(OCC(=O)O[C@H](C)c2nnc(-c3ccc([N+](=O)[O-])cc3)o2)c1C. The van der Waals surface area contributed by atoms with E-state index in [1.165, 1.54) is 24.3 Å². The summed E-state index contributed by atoms with van der Waals surface area (Å²) in [6.07, 6.45) is -0.774. The molecule has 2 aromatic carbocycles. The summed E-state index contributed by atoms with van der Waals surface area (Å²) in [5, 5.41) is 18.5. The lowest BCUT2D eigenvalue weighted by Crippen LogP contribution is -2.17. The van der Waals surface area contributed by atoms with Crippen LogP contribution in [-0.2, 0) is 9.53 Å². The van der Waals surface area contributed by atoms with Crippen LogP contribution in [0.1, 0.15) is 30.0 Å². The number of benzene rings is 2. The third-order valence-electron chi connectivity index (χ3n) is 4.32. The van der Waals surface area contributed by atoms with Gasteiger partial charge in [0.1, 0.15) is 5.75 Å². The highest BCUT2D eigenvalue weighted by Crippen LogP contribution is 2.25. The van der Waals surface area contributed by atoms with Gasteiger partial charge < -0.3 is 13.9 Å². The fourth-order valence-electron chi connectivity index (χ4n) is 2.54. The van der Waals surface area contributed by atoms with E-state index in [0.717, 1.165) is 11.1 Å². The summed E-state index contributed by atoms with van der Waals surface area (Å²) in [5.41, 5.74) is 2.50. The monoisotopic (exact) mass is 397 g/mol. The molecule has 29 heavy (non-hydrogen) atoms. The van der Waals surface area contributed by atoms with Gasteiger partial charge in [-0.15, -0.1) is 10.2 Å². The van der Waals surface area contributed by atoms with E-state index in [1.807, 2.05) is 26.0 Å². The molecule has 0 aliphatic carbocycles. The summed E-state index contributed by atoms with van der Waals surface area (Å²) in [4.78, 5) is 22.3. The lowest BCUT2D eigenvalue weighted by Gasteiger charge is -2.12. The zero-order chi connectivity index (χ0) is 21.0. The molecule has 3 aromatic rings. The van der Waals surface area contributed by atoms with Gasteiger partial charge in [0, 0.05) is 17.7 Å². The van der Waals surface area contributed by atoms with Crippen molar-refractivity contribution in [2.24, 2.45) is 0 Å². The van der Waals surface area contributed by atoms with Crippen LogP contribution in [0.5, 0.6) is 5.75 Å². The number of hydrogen-bond acceptors (Lipinski definition) is 8. The highest BCUT2D eigenvalue weighted by atomic mass is 16.6. The molecule has 1 atom stereocenters. The first-order chi connectivity index (χ1) is 13.8. The molecule has 1 heterocycles. The number of aryl methyl sites for hydroxylation is 1. The molecule has 1 aromatic heterocycles. The molecule has 0 bridgehead atoms. The Labute approximate surface area is 166 Å². The molecule has 0 saturated heterocycles. The molecule has 0 spiro atoms. The number of rotatable bonds is 7. The predicted molar refractivity (Wildman–Crippen MR) is 102 cm³/mol. The highest BCUT2D eigenvalue weighted by Gasteiger charge is 2.20. The van der Waals surface area contributed by atoms with Crippen molar-refractivity contribution in [3.8, 4) is 17.2 Å². The van der Waals surface area contributed by atoms with E-state index in [-0.39, 0.29) is 24.1 Å². The number of aromatic nitrogens is 2. The van der Waals surface area contributed by atoms with E-state index in [0.29, 0.717) is 11.3 Å². The molecule has 0 unspecified atom stereocenters. The Morgan fingerprint density at radius 2 is 1.90 bits per heavy atom. The van der Waals surface area contributed by atoms with Crippen LogP contribution in [0, 0.1) is 24.0 Å². The number of carbonyl (C=O) groups is 1. The van der Waals surface area contributed by atoms with E-state index < -0.39 is 17.0 Å². The second-order valence-electron chi connectivity index (χ2n) is 6.37. The van der Waals surface area contributed by atoms with Crippen LogP contribution >= 0.6 is 0 Å². The van der Waals surface area contributed by atoms with Gasteiger partial charge in [-0.3, -0.25) is 10.1 Å². The van der Waals surface area contributed by atoms with Crippen LogP contribution in [0.25, 0.3) is 11.5 Å². The van der Waals surface area contributed by atoms with Crippen molar-refractivity contribution in [3.05, 3.63) is 69.6 Å². The normalized spacial score (nSPS) is 11.7. The zero-order valence-electron chi connectivity index (χ0n) is 16.1. The molecule has 9 nitrogen and oxygen atoms in total. The van der Waals surface area contributed by atoms with Crippen LogP contribution in [0.2, 0.25) is 0 Å². The highest BCUT2D eigenvalue weighted by molar-refractivity contribution is 5.71. The first kappa shape index (κ1) is 20.0. The Kier molecular flexibility index (Phi) is 5.87. The maximum Gasteiger partial charge on any atom is 0.344 e. The second kappa shape index (κ2) is 8.51. The van der Waals surface area contributed by atoms with E-state index >= 15 is 0 Å². The van der Waals surface area contributed by atoms with Gasteiger partial charge in [0.15, 0.2) is 12.7 Å². The average Bonchev–Trinajstić information content (AvgIpc) is 3.19. The van der Waals surface area contributed by atoms with Crippen molar-refractivity contribution in [1.82, 2.24) is 10.2 Å². The van der Waals surface area contributed by atoms with Crippen LogP contribution in [0.3, 0.4) is 0 Å². The van der Waals surface area contributed by atoms with Crippen molar-refractivity contribution >= 4 is 11.7 Å². The van der Waals surface area contributed by atoms with Crippen LogP contribution in [0.15, 0.2) is 46.9 Å². The van der Waals surface area contributed by atoms with E-state index in [9.17, 15) is 14.9 Å². The topological polar surface area (TPSA) is 118 Å². The zero-order valence-corrected chi connectivity index (χ0v) is 16.1. The molecule has 150 valence electrons. The second-order valence-corrected chi connectivity index (χ2v) is 6.37. The Morgan fingerprint density at radius 1 is 1.17 bits per heavy atom. The third-order valence-corrected chi connectivity index (χ3v) is 4.32. The molecule has 9 heteroatoms. The molecule has 0 fully saturated rings. The number of nitro groups is 1. The molecule has 0 saturated carbocycles. The quantitative estimate of drug-likeness (QED) is 0.334. The van der Waals surface area contributed by atoms with Crippen LogP contribution in [-0.4, -0.2) is 27.7 Å². The van der Waals surface area contributed by atoms with Gasteiger partial charge in [0.05, 0.1) is 4.92 Å². The Morgan fingerprint density at radius 3 is 2.59 bits per heavy atom. The summed E-state index contributed by atoms with van der Waals surface area (Å²) < 4.78 is 16.3. The molecule has 0 aliphatic rings. The van der Waals surface area contributed by atoms with E-state index in [4.69, 9.17) is 13.9 Å². The third kappa shape index (κ3) is 4.75. The summed E-state index contributed by atoms with van der Waals surface area (Å²) in [5.74, 6) is 0.323. The molecular weight excluding hydrogens is 378 g/mol. The number of carbonyl (C=O) groups excluding carboxylic acids is 1. The van der Waals surface area contributed by atoms with Crippen molar-refractivity contribution < 1.29 is 23.6 Å². The minimum atomic E-state index is -0.774. The largest absolute Gasteiger partial charge is 0.482 e. The fourth-order valence-corrected chi connectivity index (χ4v) is 2.54. The van der Waals surface area contributed by atoms with Crippen molar-refractivity contribution in [3.63, 3.8) is 0 Å². The molecule has 3 rings (SSSR count). The molecule has 0 N–H and O–H groups in total. The van der Waals surface area contributed by atoms with E-state index in [2.05, 4.69) is 10.2 Å². The number of nitrogens with zero attached hydrogens (tertiary/aromatic N) is 3. The van der Waals surface area contributed by atoms with Gasteiger partial charge in [-0.05, 0) is 50.1 Å². The van der Waals surface area contributed by atoms with Crippen molar-refractivity contribution in [2.45, 2.75) is 26.9 Å². The summed E-state index contributed by atoms with van der Waals surface area (Å²) in [6.45, 7) is 5.22. The first-order valence-electron chi connectivity index (χ1n) is 8.82. The minimum Gasteiger partial charge on any atom is -0.482 e. The van der Waals surface area contributed by atoms with Crippen LogP contribution in [0.4, 0.5) is 5.69 Å². The van der Waals surface area contributed by atoms with Crippen LogP contribution < -0.4 is 4.74 Å². The molecular formula is C20H19N3O6. The predicted octanol–water partition coefficient (Wildman–Crippen LogP) is 3.94. The number of nitro benzene ring substituents is 1. The number of non-ortho nitro benzene ring substituents is 1. The maximum absolute atomic E-state index is 12.1. The standard InChI is InChI=1S/C20H19N3O6/c1-12-5-4-6-17(13(12)2)27-11-18(24)28-14(3)19-21-22-20(29-19)15-7-9-16(10-8-15)23(25)26/h4-10,14H,11H2,1-3H3/t14-/m1/s1. The summed E-state index contributed by atoms with van der Waals surface area (Å²) in [6, 6.07) is 11.3. The number of hydrogen-bond donors (Lipinski definition) is 0. The summed E-state index contributed by atoms with van der Waals surface area (Å²) >= 11 is 0. The number of ether oxygens (including phenoxy) is 2. The fraction of sp³-hybridized carbons (Fsp3) is 0.250. The van der Waals surface area contributed by atoms with E-state index in [1.54, 1.807) is 13.0 Å². The average molecular weight is 397 g/mol. The van der Waals surface area contributed by atoms with Gasteiger partial charge in [0.25, 0.3) is 11.6 Å². The lowest BCUT2D eigenvalue weighted by molar-refractivity contribution is -0.384. The molecule has 0 amide bonds. The van der Waals surface area contributed by atoms with Gasteiger partial charge in [-0.2, -0.15) is 0 Å². The van der Waals surface area contributed by atoms with Crippen molar-refractivity contribution in [1.29, 1.82) is 0 Å². The summed E-state index contributed by atoms with van der Waals surface area (Å²) in [7, 11) is 0. The van der Waals surface area contributed by atoms with Crippen molar-refractivity contribution in [2.75, 3.05) is 6.61 Å².